The standard InChI is InChI=1S/C14H18BrNO/c1-3-16(9-11-4-5-11)14(17)12-6-10(2)7-13(15)8-12/h6-8,11H,3-5,9H2,1-2H3. The highest BCUT2D eigenvalue weighted by atomic mass is 79.9. The minimum absolute atomic E-state index is 0.156. The molecule has 1 aromatic carbocycles. The van der Waals surface area contributed by atoms with Crippen LogP contribution in [0.25, 0.3) is 0 Å². The number of nitrogens with zero attached hydrogens (tertiary/aromatic N) is 1. The maximum Gasteiger partial charge on any atom is 0.253 e. The van der Waals surface area contributed by atoms with Gasteiger partial charge in [0.2, 0.25) is 0 Å². The topological polar surface area (TPSA) is 20.3 Å². The van der Waals surface area contributed by atoms with E-state index in [1.807, 2.05) is 36.9 Å². The second-order valence-corrected chi connectivity index (χ2v) is 5.72. The largest absolute Gasteiger partial charge is 0.339 e. The van der Waals surface area contributed by atoms with Crippen molar-refractivity contribution in [3.8, 4) is 0 Å². The van der Waals surface area contributed by atoms with Gasteiger partial charge >= 0.3 is 0 Å². The maximum absolute atomic E-state index is 12.3. The Balaban J connectivity index is 2.15. The van der Waals surface area contributed by atoms with E-state index in [2.05, 4.69) is 15.9 Å². The van der Waals surface area contributed by atoms with Gasteiger partial charge in [0.05, 0.1) is 0 Å². The Bertz CT molecular complexity index is 406. The van der Waals surface area contributed by atoms with Crippen LogP contribution in [0, 0.1) is 12.8 Å². The Hall–Kier alpha value is -0.830. The maximum atomic E-state index is 12.3. The highest BCUT2D eigenvalue weighted by Crippen LogP contribution is 2.30. The molecule has 1 fully saturated rings. The van der Waals surface area contributed by atoms with E-state index in [1.165, 1.54) is 12.8 Å². The van der Waals surface area contributed by atoms with Crippen LogP contribution in [0.2, 0.25) is 0 Å². The van der Waals surface area contributed by atoms with Gasteiger partial charge in [-0.1, -0.05) is 15.9 Å². The third-order valence-electron chi connectivity index (χ3n) is 3.13. The molecule has 1 amide bonds. The van der Waals surface area contributed by atoms with Crippen molar-refractivity contribution in [2.24, 2.45) is 5.92 Å². The van der Waals surface area contributed by atoms with Crippen molar-refractivity contribution in [1.29, 1.82) is 0 Å². The molecule has 3 heteroatoms. The van der Waals surface area contributed by atoms with E-state index in [-0.39, 0.29) is 5.91 Å². The number of carbonyl (C=O) groups is 1. The zero-order valence-corrected chi connectivity index (χ0v) is 12.0. The molecule has 0 unspecified atom stereocenters. The van der Waals surface area contributed by atoms with Gasteiger partial charge in [-0.05, 0) is 56.4 Å². The molecule has 92 valence electrons. The molecule has 0 atom stereocenters. The lowest BCUT2D eigenvalue weighted by molar-refractivity contribution is 0.0756. The van der Waals surface area contributed by atoms with Gasteiger partial charge < -0.3 is 4.90 Å². The van der Waals surface area contributed by atoms with Crippen LogP contribution in [0.4, 0.5) is 0 Å². The van der Waals surface area contributed by atoms with Crippen LogP contribution in [0.15, 0.2) is 22.7 Å². The molecule has 17 heavy (non-hydrogen) atoms. The predicted octanol–water partition coefficient (Wildman–Crippen LogP) is 3.63. The van der Waals surface area contributed by atoms with Gasteiger partial charge in [-0.2, -0.15) is 0 Å². The van der Waals surface area contributed by atoms with Crippen LogP contribution in [0.1, 0.15) is 35.7 Å². The second kappa shape index (κ2) is 5.21. The molecular formula is C14H18BrNO. The van der Waals surface area contributed by atoms with Crippen LogP contribution in [-0.2, 0) is 0 Å². The third kappa shape index (κ3) is 3.32. The van der Waals surface area contributed by atoms with Crippen molar-refractivity contribution in [3.63, 3.8) is 0 Å². The van der Waals surface area contributed by atoms with E-state index in [0.717, 1.165) is 34.6 Å². The van der Waals surface area contributed by atoms with Crippen molar-refractivity contribution < 1.29 is 4.79 Å². The molecular weight excluding hydrogens is 278 g/mol. The summed E-state index contributed by atoms with van der Waals surface area (Å²) in [6, 6.07) is 5.89. The zero-order chi connectivity index (χ0) is 12.4. The van der Waals surface area contributed by atoms with Gasteiger partial charge in [-0.25, -0.2) is 0 Å². The van der Waals surface area contributed by atoms with Gasteiger partial charge in [-0.3, -0.25) is 4.79 Å². The Kier molecular flexibility index (Phi) is 3.87. The van der Waals surface area contributed by atoms with E-state index in [4.69, 9.17) is 0 Å². The number of benzene rings is 1. The molecule has 2 nitrogen and oxygen atoms in total. The molecule has 1 saturated carbocycles. The summed E-state index contributed by atoms with van der Waals surface area (Å²) in [5.41, 5.74) is 1.91. The second-order valence-electron chi connectivity index (χ2n) is 4.80. The fourth-order valence-corrected chi connectivity index (χ4v) is 2.62. The van der Waals surface area contributed by atoms with Crippen LogP contribution >= 0.6 is 15.9 Å². The summed E-state index contributed by atoms with van der Waals surface area (Å²) in [6.45, 7) is 5.77. The number of aryl methyl sites for hydroxylation is 1. The molecule has 0 spiro atoms. The lowest BCUT2D eigenvalue weighted by Gasteiger charge is -2.21. The van der Waals surface area contributed by atoms with E-state index in [1.54, 1.807) is 0 Å². The summed E-state index contributed by atoms with van der Waals surface area (Å²) in [4.78, 5) is 14.3. The molecule has 0 heterocycles. The minimum atomic E-state index is 0.156. The molecule has 1 aliphatic carbocycles. The van der Waals surface area contributed by atoms with Crippen molar-refractivity contribution in [1.82, 2.24) is 4.90 Å². The van der Waals surface area contributed by atoms with Crippen molar-refractivity contribution >= 4 is 21.8 Å². The van der Waals surface area contributed by atoms with Crippen molar-refractivity contribution in [2.75, 3.05) is 13.1 Å². The first-order valence-electron chi connectivity index (χ1n) is 6.16. The summed E-state index contributed by atoms with van der Waals surface area (Å²) >= 11 is 3.44. The fourth-order valence-electron chi connectivity index (χ4n) is 2.01. The van der Waals surface area contributed by atoms with Crippen molar-refractivity contribution in [3.05, 3.63) is 33.8 Å². The summed E-state index contributed by atoms with van der Waals surface area (Å²) in [6.07, 6.45) is 2.56. The highest BCUT2D eigenvalue weighted by molar-refractivity contribution is 9.10. The van der Waals surface area contributed by atoms with Crippen LogP contribution in [-0.4, -0.2) is 23.9 Å². The molecule has 0 saturated heterocycles. The summed E-state index contributed by atoms with van der Waals surface area (Å²) in [5, 5.41) is 0. The summed E-state index contributed by atoms with van der Waals surface area (Å²) in [7, 11) is 0. The first kappa shape index (κ1) is 12.6. The van der Waals surface area contributed by atoms with Gasteiger partial charge in [0.15, 0.2) is 0 Å². The number of hydrogen-bond donors (Lipinski definition) is 0. The lowest BCUT2D eigenvalue weighted by Crippen LogP contribution is -2.32. The molecule has 1 aliphatic rings. The number of halogens is 1. The van der Waals surface area contributed by atoms with E-state index in [0.29, 0.717) is 0 Å². The predicted molar refractivity (Wildman–Crippen MR) is 73.2 cm³/mol. The summed E-state index contributed by atoms with van der Waals surface area (Å²) < 4.78 is 0.975. The average Bonchev–Trinajstić information content (AvgIpc) is 3.07. The van der Waals surface area contributed by atoms with E-state index in [9.17, 15) is 4.79 Å². The van der Waals surface area contributed by atoms with Crippen LogP contribution in [0.3, 0.4) is 0 Å². The van der Waals surface area contributed by atoms with Gasteiger partial charge in [0.25, 0.3) is 5.91 Å². The average molecular weight is 296 g/mol. The lowest BCUT2D eigenvalue weighted by atomic mass is 10.1. The third-order valence-corrected chi connectivity index (χ3v) is 3.59. The van der Waals surface area contributed by atoms with Crippen LogP contribution in [0.5, 0.6) is 0 Å². The first-order valence-corrected chi connectivity index (χ1v) is 6.96. The molecule has 0 N–H and O–H groups in total. The Labute approximate surface area is 111 Å². The monoisotopic (exact) mass is 295 g/mol. The van der Waals surface area contributed by atoms with Crippen LogP contribution < -0.4 is 0 Å². The Morgan fingerprint density at radius 3 is 2.65 bits per heavy atom. The van der Waals surface area contributed by atoms with Gasteiger partial charge in [0, 0.05) is 23.1 Å². The van der Waals surface area contributed by atoms with Crippen molar-refractivity contribution in [2.45, 2.75) is 26.7 Å². The van der Waals surface area contributed by atoms with E-state index >= 15 is 0 Å². The Morgan fingerprint density at radius 1 is 1.41 bits per heavy atom. The number of amides is 1. The minimum Gasteiger partial charge on any atom is -0.339 e. The number of carbonyl (C=O) groups excluding carboxylic acids is 1. The quantitative estimate of drug-likeness (QED) is 0.831. The molecule has 0 bridgehead atoms. The fraction of sp³-hybridized carbons (Fsp3) is 0.500. The molecule has 2 rings (SSSR count). The molecule has 0 aromatic heterocycles. The normalized spacial score (nSPS) is 14.8. The SMILES string of the molecule is CCN(CC1CC1)C(=O)c1cc(C)cc(Br)c1. The number of rotatable bonds is 4. The van der Waals surface area contributed by atoms with E-state index < -0.39 is 0 Å². The van der Waals surface area contributed by atoms with Gasteiger partial charge in [-0.15, -0.1) is 0 Å². The molecule has 0 radical (unpaired) electrons. The Morgan fingerprint density at radius 2 is 2.12 bits per heavy atom. The summed E-state index contributed by atoms with van der Waals surface area (Å²) in [5.74, 6) is 0.899. The molecule has 0 aliphatic heterocycles. The molecule has 1 aromatic rings. The zero-order valence-electron chi connectivity index (χ0n) is 10.4. The first-order chi connectivity index (χ1) is 8.10. The van der Waals surface area contributed by atoms with Gasteiger partial charge in [0.1, 0.15) is 0 Å². The smallest absolute Gasteiger partial charge is 0.253 e. The highest BCUT2D eigenvalue weighted by Gasteiger charge is 2.26. The number of hydrogen-bond acceptors (Lipinski definition) is 1.